The van der Waals surface area contributed by atoms with Crippen molar-refractivity contribution in [2.24, 2.45) is 0 Å². The summed E-state index contributed by atoms with van der Waals surface area (Å²) in [7, 11) is 0. The smallest absolute Gasteiger partial charge is 0.323 e. The van der Waals surface area contributed by atoms with Crippen LogP contribution in [0.4, 0.5) is 15.6 Å². The Balaban J connectivity index is 1.67. The van der Waals surface area contributed by atoms with E-state index in [0.29, 0.717) is 37.1 Å². The van der Waals surface area contributed by atoms with Crippen molar-refractivity contribution in [2.45, 2.75) is 0 Å². The lowest BCUT2D eigenvalue weighted by molar-refractivity contribution is -0.384. The predicted molar refractivity (Wildman–Crippen MR) is 85.6 cm³/mol. The molecule has 1 aromatic carbocycles. The number of benzene rings is 1. The monoisotopic (exact) mass is 334 g/mol. The Morgan fingerprint density at radius 1 is 1.30 bits per heavy atom. The molecule has 120 valence electrons. The standard InChI is InChI=1S/C14H14N4O4S/c19-14(17-5-7-22-8-6-17)16-13-15-12(9-23-13)10-1-3-11(4-2-10)18(20)21/h1-4,9H,5-8H2,(H,15,16,19). The van der Waals surface area contributed by atoms with E-state index < -0.39 is 4.92 Å². The molecule has 1 saturated heterocycles. The molecule has 3 rings (SSSR count). The number of amides is 2. The molecule has 2 amide bonds. The van der Waals surface area contributed by atoms with Crippen molar-refractivity contribution in [2.75, 3.05) is 31.6 Å². The first kappa shape index (κ1) is 15.4. The molecule has 23 heavy (non-hydrogen) atoms. The van der Waals surface area contributed by atoms with E-state index in [4.69, 9.17) is 4.74 Å². The number of nitrogens with one attached hydrogen (secondary N) is 1. The van der Waals surface area contributed by atoms with Gasteiger partial charge in [0.1, 0.15) is 0 Å². The molecule has 1 N–H and O–H groups in total. The summed E-state index contributed by atoms with van der Waals surface area (Å²) >= 11 is 1.31. The molecule has 0 unspecified atom stereocenters. The average Bonchev–Trinajstić information content (AvgIpc) is 3.04. The van der Waals surface area contributed by atoms with Crippen LogP contribution in [0.3, 0.4) is 0 Å². The van der Waals surface area contributed by atoms with E-state index in [9.17, 15) is 14.9 Å². The number of hydrogen-bond acceptors (Lipinski definition) is 6. The van der Waals surface area contributed by atoms with Crippen molar-refractivity contribution in [3.05, 3.63) is 39.8 Å². The number of nitrogens with zero attached hydrogens (tertiary/aromatic N) is 3. The summed E-state index contributed by atoms with van der Waals surface area (Å²) in [6.45, 7) is 2.21. The fourth-order valence-electron chi connectivity index (χ4n) is 2.15. The van der Waals surface area contributed by atoms with Gasteiger partial charge in [-0.05, 0) is 12.1 Å². The van der Waals surface area contributed by atoms with Crippen LogP contribution in [0.5, 0.6) is 0 Å². The summed E-state index contributed by atoms with van der Waals surface area (Å²) in [4.78, 5) is 28.3. The van der Waals surface area contributed by atoms with Crippen LogP contribution < -0.4 is 5.32 Å². The van der Waals surface area contributed by atoms with Gasteiger partial charge in [0.2, 0.25) is 0 Å². The Labute approximate surface area is 135 Å². The van der Waals surface area contributed by atoms with E-state index in [-0.39, 0.29) is 11.7 Å². The summed E-state index contributed by atoms with van der Waals surface area (Å²) in [5.74, 6) is 0. The average molecular weight is 334 g/mol. The minimum absolute atomic E-state index is 0.0322. The molecule has 0 atom stereocenters. The molecule has 1 aliphatic rings. The quantitative estimate of drug-likeness (QED) is 0.687. The maximum atomic E-state index is 12.1. The van der Waals surface area contributed by atoms with Crippen molar-refractivity contribution in [1.29, 1.82) is 0 Å². The molecule has 0 aliphatic carbocycles. The number of thiazole rings is 1. The lowest BCUT2D eigenvalue weighted by Gasteiger charge is -2.26. The van der Waals surface area contributed by atoms with Crippen LogP contribution in [-0.2, 0) is 4.74 Å². The maximum absolute atomic E-state index is 12.1. The zero-order chi connectivity index (χ0) is 16.2. The van der Waals surface area contributed by atoms with Gasteiger partial charge in [0.05, 0.1) is 23.8 Å². The van der Waals surface area contributed by atoms with Crippen LogP contribution in [0.15, 0.2) is 29.6 Å². The van der Waals surface area contributed by atoms with Crippen molar-refractivity contribution in [3.63, 3.8) is 0 Å². The fourth-order valence-corrected chi connectivity index (χ4v) is 2.86. The second kappa shape index (κ2) is 6.71. The number of ether oxygens (including phenoxy) is 1. The number of carbonyl (C=O) groups excluding carboxylic acids is 1. The molecule has 1 fully saturated rings. The van der Waals surface area contributed by atoms with Gasteiger partial charge in [-0.1, -0.05) is 0 Å². The Morgan fingerprint density at radius 2 is 2.00 bits per heavy atom. The van der Waals surface area contributed by atoms with E-state index in [1.165, 1.54) is 23.5 Å². The highest BCUT2D eigenvalue weighted by molar-refractivity contribution is 7.14. The topological polar surface area (TPSA) is 97.6 Å². The minimum atomic E-state index is -0.446. The maximum Gasteiger partial charge on any atom is 0.323 e. The number of aromatic nitrogens is 1. The Bertz CT molecular complexity index is 710. The van der Waals surface area contributed by atoms with Gasteiger partial charge >= 0.3 is 6.03 Å². The van der Waals surface area contributed by atoms with Crippen LogP contribution in [0, 0.1) is 10.1 Å². The van der Waals surface area contributed by atoms with Gasteiger partial charge in [0, 0.05) is 36.2 Å². The summed E-state index contributed by atoms with van der Waals surface area (Å²) in [5.41, 5.74) is 1.46. The molecule has 1 aliphatic heterocycles. The molecule has 0 spiro atoms. The molecule has 0 bridgehead atoms. The Morgan fingerprint density at radius 3 is 2.65 bits per heavy atom. The largest absolute Gasteiger partial charge is 0.378 e. The normalized spacial score (nSPS) is 14.5. The van der Waals surface area contributed by atoms with Crippen molar-refractivity contribution in [3.8, 4) is 11.3 Å². The number of carbonyl (C=O) groups is 1. The van der Waals surface area contributed by atoms with Gasteiger partial charge in [-0.15, -0.1) is 11.3 Å². The third kappa shape index (κ3) is 3.63. The first-order chi connectivity index (χ1) is 11.1. The van der Waals surface area contributed by atoms with Gasteiger partial charge in [0.15, 0.2) is 5.13 Å². The third-order valence-corrected chi connectivity index (χ3v) is 4.15. The van der Waals surface area contributed by atoms with Crippen LogP contribution in [0.1, 0.15) is 0 Å². The third-order valence-electron chi connectivity index (χ3n) is 3.39. The van der Waals surface area contributed by atoms with Gasteiger partial charge in [-0.3, -0.25) is 15.4 Å². The lowest BCUT2D eigenvalue weighted by Crippen LogP contribution is -2.43. The summed E-state index contributed by atoms with van der Waals surface area (Å²) in [6.07, 6.45) is 0. The van der Waals surface area contributed by atoms with Crippen LogP contribution in [0.25, 0.3) is 11.3 Å². The number of morpholine rings is 1. The summed E-state index contributed by atoms with van der Waals surface area (Å²) in [5, 5.41) is 15.7. The minimum Gasteiger partial charge on any atom is -0.378 e. The highest BCUT2D eigenvalue weighted by Gasteiger charge is 2.18. The number of nitro benzene ring substituents is 1. The zero-order valence-corrected chi connectivity index (χ0v) is 12.9. The van der Waals surface area contributed by atoms with E-state index in [1.807, 2.05) is 0 Å². The molecular formula is C14H14N4O4S. The Hall–Kier alpha value is -2.52. The van der Waals surface area contributed by atoms with Crippen LogP contribution in [0.2, 0.25) is 0 Å². The summed E-state index contributed by atoms with van der Waals surface area (Å²) in [6, 6.07) is 5.95. The number of nitro groups is 1. The highest BCUT2D eigenvalue weighted by Crippen LogP contribution is 2.26. The first-order valence-electron chi connectivity index (χ1n) is 6.97. The highest BCUT2D eigenvalue weighted by atomic mass is 32.1. The number of hydrogen-bond donors (Lipinski definition) is 1. The zero-order valence-electron chi connectivity index (χ0n) is 12.1. The Kier molecular flexibility index (Phi) is 4.49. The molecule has 8 nitrogen and oxygen atoms in total. The van der Waals surface area contributed by atoms with Gasteiger partial charge in [0.25, 0.3) is 5.69 Å². The number of rotatable bonds is 3. The molecule has 2 heterocycles. The predicted octanol–water partition coefficient (Wildman–Crippen LogP) is 2.58. The lowest BCUT2D eigenvalue weighted by atomic mass is 10.1. The second-order valence-electron chi connectivity index (χ2n) is 4.87. The molecule has 0 saturated carbocycles. The van der Waals surface area contributed by atoms with Crippen molar-refractivity contribution in [1.82, 2.24) is 9.88 Å². The van der Waals surface area contributed by atoms with Gasteiger partial charge < -0.3 is 9.64 Å². The van der Waals surface area contributed by atoms with E-state index in [1.54, 1.807) is 22.4 Å². The molecule has 2 aromatic rings. The van der Waals surface area contributed by atoms with Crippen LogP contribution in [-0.4, -0.2) is 47.1 Å². The second-order valence-corrected chi connectivity index (χ2v) is 5.73. The van der Waals surface area contributed by atoms with Gasteiger partial charge in [-0.25, -0.2) is 9.78 Å². The number of urea groups is 1. The molecule has 9 heteroatoms. The van der Waals surface area contributed by atoms with Crippen molar-refractivity contribution < 1.29 is 14.5 Å². The van der Waals surface area contributed by atoms with Gasteiger partial charge in [-0.2, -0.15) is 0 Å². The molecule has 0 radical (unpaired) electrons. The molecule has 1 aromatic heterocycles. The van der Waals surface area contributed by atoms with Crippen molar-refractivity contribution >= 4 is 28.2 Å². The fraction of sp³-hybridized carbons (Fsp3) is 0.286. The SMILES string of the molecule is O=C(Nc1nc(-c2ccc([N+](=O)[O-])cc2)cs1)N1CCOCC1. The van der Waals surface area contributed by atoms with E-state index in [0.717, 1.165) is 5.56 Å². The number of anilines is 1. The van der Waals surface area contributed by atoms with Crippen LogP contribution >= 0.6 is 11.3 Å². The summed E-state index contributed by atoms with van der Waals surface area (Å²) < 4.78 is 5.21. The van der Waals surface area contributed by atoms with E-state index >= 15 is 0 Å². The van der Waals surface area contributed by atoms with E-state index in [2.05, 4.69) is 10.3 Å². The number of non-ortho nitro benzene ring substituents is 1. The first-order valence-corrected chi connectivity index (χ1v) is 7.85. The molecular weight excluding hydrogens is 320 g/mol.